The Balaban J connectivity index is 0.821. The lowest BCUT2D eigenvalue weighted by Gasteiger charge is -2.39. The Morgan fingerprint density at radius 2 is 0.902 bits per heavy atom. The van der Waals surface area contributed by atoms with Gasteiger partial charge in [0.25, 0.3) is 0 Å². The lowest BCUT2D eigenvalue weighted by molar-refractivity contribution is -0.145. The van der Waals surface area contributed by atoms with Crippen molar-refractivity contribution < 1.29 is 38.4 Å². The molecule has 2 unspecified atom stereocenters. The van der Waals surface area contributed by atoms with Crippen molar-refractivity contribution in [1.29, 1.82) is 0 Å². The summed E-state index contributed by atoms with van der Waals surface area (Å²) in [6, 6.07) is 39.1. The largest absolute Gasteiger partial charge is 0.343 e. The Bertz CT molecular complexity index is 2970. The molecule has 7 atom stereocenters. The average molecular weight is 1110 g/mol. The number of amides is 10. The molecule has 0 aliphatic carbocycles. The highest BCUT2D eigenvalue weighted by molar-refractivity contribution is 5.95. The summed E-state index contributed by atoms with van der Waals surface area (Å²) in [6.07, 6.45) is 2.90. The van der Waals surface area contributed by atoms with Crippen molar-refractivity contribution in [2.45, 2.75) is 126 Å². The third-order valence-electron chi connectivity index (χ3n) is 16.3. The molecule has 430 valence electrons. The highest BCUT2D eigenvalue weighted by atomic mass is 16.2. The average Bonchev–Trinajstić information content (AvgIpc) is 4.36. The highest BCUT2D eigenvalue weighted by Gasteiger charge is 2.48. The van der Waals surface area contributed by atoms with Crippen molar-refractivity contribution in [2.75, 3.05) is 33.2 Å². The second kappa shape index (κ2) is 27.3. The van der Waals surface area contributed by atoms with Crippen LogP contribution in [0.15, 0.2) is 146 Å². The summed E-state index contributed by atoms with van der Waals surface area (Å²) in [5, 5.41) is 21.1. The highest BCUT2D eigenvalue weighted by Crippen LogP contribution is 2.33. The van der Waals surface area contributed by atoms with Gasteiger partial charge in [-0.25, -0.2) is 9.59 Å². The number of rotatable bonds is 17. The van der Waals surface area contributed by atoms with Crippen LogP contribution in [0.3, 0.4) is 0 Å². The maximum absolute atomic E-state index is 14.7. The second-order valence-electron chi connectivity index (χ2n) is 21.7. The minimum Gasteiger partial charge on any atom is -0.343 e. The predicted octanol–water partition coefficient (Wildman–Crippen LogP) is 5.04. The molecule has 4 fully saturated rings. The fourth-order valence-corrected chi connectivity index (χ4v) is 11.8. The van der Waals surface area contributed by atoms with E-state index in [2.05, 4.69) is 37.2 Å². The number of hydrogen-bond donors (Lipinski definition) is 7. The monoisotopic (exact) mass is 1110 g/mol. The summed E-state index contributed by atoms with van der Waals surface area (Å²) < 4.78 is 0. The van der Waals surface area contributed by atoms with Gasteiger partial charge >= 0.3 is 12.1 Å². The zero-order chi connectivity index (χ0) is 57.7. The SMILES string of the molecule is CCC(=O)N[C@H]1CN(C(=O)NCc2cccc(CNC(=O)N3CC[C@H]4CC[C@@H](C(=O)NC(c5ccccc5)c5ccccc5)N4C(=O)C(NC(=O)[C@H](C)NC)C3)c2)CC[C@H]2CCC(C(=O)NC(c3ccccc3)c3ccccc3)N2C1=O. The van der Waals surface area contributed by atoms with Gasteiger partial charge in [0.15, 0.2) is 0 Å². The van der Waals surface area contributed by atoms with Gasteiger partial charge < -0.3 is 56.8 Å². The Hall–Kier alpha value is -8.58. The molecule has 0 saturated carbocycles. The molecule has 0 radical (unpaired) electrons. The second-order valence-corrected chi connectivity index (χ2v) is 21.7. The third-order valence-corrected chi connectivity index (χ3v) is 16.3. The van der Waals surface area contributed by atoms with Gasteiger partial charge in [-0.05, 0) is 85.9 Å². The molecule has 7 N–H and O–H groups in total. The summed E-state index contributed by atoms with van der Waals surface area (Å²) >= 11 is 0. The summed E-state index contributed by atoms with van der Waals surface area (Å²) in [5.74, 6) is -2.21. The van der Waals surface area contributed by atoms with Gasteiger partial charge in [-0.3, -0.25) is 28.8 Å². The number of benzene rings is 5. The first-order chi connectivity index (χ1) is 39.8. The fourth-order valence-electron chi connectivity index (χ4n) is 11.8. The van der Waals surface area contributed by atoms with Crippen LogP contribution in [0.2, 0.25) is 0 Å². The van der Waals surface area contributed by atoms with Crippen molar-refractivity contribution >= 4 is 47.5 Å². The van der Waals surface area contributed by atoms with Crippen LogP contribution in [0.1, 0.15) is 104 Å². The first-order valence-electron chi connectivity index (χ1n) is 28.6. The number of nitrogens with zero attached hydrogens (tertiary/aromatic N) is 4. The molecule has 10 amide bonds. The van der Waals surface area contributed by atoms with Crippen molar-refractivity contribution in [3.8, 4) is 0 Å². The van der Waals surface area contributed by atoms with Gasteiger partial charge in [-0.1, -0.05) is 153 Å². The molecule has 4 saturated heterocycles. The molecule has 19 nitrogen and oxygen atoms in total. The van der Waals surface area contributed by atoms with Gasteiger partial charge in [0.1, 0.15) is 24.2 Å². The molecule has 19 heteroatoms. The minimum atomic E-state index is -1.14. The van der Waals surface area contributed by atoms with Crippen LogP contribution in [0, 0.1) is 0 Å². The maximum Gasteiger partial charge on any atom is 0.317 e. The first kappa shape index (κ1) is 58.1. The zero-order valence-corrected chi connectivity index (χ0v) is 46.8. The number of urea groups is 2. The Labute approximate surface area is 479 Å². The Morgan fingerprint density at radius 3 is 1.28 bits per heavy atom. The van der Waals surface area contributed by atoms with E-state index in [1.807, 2.05) is 146 Å². The van der Waals surface area contributed by atoms with E-state index in [1.54, 1.807) is 40.5 Å². The van der Waals surface area contributed by atoms with E-state index in [9.17, 15) is 38.4 Å². The van der Waals surface area contributed by atoms with Crippen LogP contribution in [0.4, 0.5) is 9.59 Å². The molecular formula is C63H75N11O8. The smallest absolute Gasteiger partial charge is 0.317 e. The summed E-state index contributed by atoms with van der Waals surface area (Å²) in [5.41, 5.74) is 5.08. The Morgan fingerprint density at radius 1 is 0.512 bits per heavy atom. The zero-order valence-electron chi connectivity index (χ0n) is 46.8. The maximum atomic E-state index is 14.7. The normalized spacial score (nSPS) is 21.2. The van der Waals surface area contributed by atoms with Crippen LogP contribution >= 0.6 is 0 Å². The van der Waals surface area contributed by atoms with Crippen LogP contribution in [0.25, 0.3) is 0 Å². The van der Waals surface area contributed by atoms with Crippen LogP contribution in [-0.4, -0.2) is 143 Å². The van der Waals surface area contributed by atoms with Gasteiger partial charge in [0, 0.05) is 44.7 Å². The summed E-state index contributed by atoms with van der Waals surface area (Å²) in [7, 11) is 1.64. The van der Waals surface area contributed by atoms with Crippen LogP contribution in [0.5, 0.6) is 0 Å². The fraction of sp³-hybridized carbons (Fsp3) is 0.397. The molecule has 5 aromatic carbocycles. The molecule has 82 heavy (non-hydrogen) atoms. The van der Waals surface area contributed by atoms with Crippen molar-refractivity contribution in [3.05, 3.63) is 179 Å². The Kier molecular flexibility index (Phi) is 19.3. The topological polar surface area (TPSA) is 234 Å². The van der Waals surface area contributed by atoms with E-state index < -0.39 is 72.1 Å². The standard InChI is InChI=1S/C63H75N11O8/c1-4-54(75)67-50-39-71(34-32-48-28-30-52(73(48)60(50)79)58(77)69-55(44-20-9-5-10-21-44)45-22-11-6-12-23-45)62(81)65-37-42-18-17-19-43(36-42)38-66-63(82)72-35-33-49-29-31-53(74(49)61(80)51(40-72)68-57(76)41(2)64-3)59(78)70-56(46-24-13-7-14-25-46)47-26-15-8-16-27-47/h5-27,36,41,48-53,55-56,64H,4,28-35,37-40H2,1-3H3,(H,65,81)(H,66,82)(H,67,75)(H,68,76)(H,69,77)(H,70,78)/t41-,48+,49+,50-,51?,52?,53-/m0/s1. The molecule has 5 aromatic rings. The van der Waals surface area contributed by atoms with Crippen molar-refractivity contribution in [1.82, 2.24) is 56.8 Å². The van der Waals surface area contributed by atoms with Crippen LogP contribution < -0.4 is 37.2 Å². The minimum absolute atomic E-state index is 0.101. The summed E-state index contributed by atoms with van der Waals surface area (Å²) in [6.45, 7) is 3.90. The number of nitrogens with one attached hydrogen (secondary N) is 7. The third kappa shape index (κ3) is 13.9. The van der Waals surface area contributed by atoms with E-state index in [-0.39, 0.29) is 75.5 Å². The molecule has 0 aromatic heterocycles. The number of likely N-dealkylation sites (N-methyl/N-ethyl adjacent to an activating group) is 1. The van der Waals surface area contributed by atoms with Crippen LogP contribution in [-0.2, 0) is 41.9 Å². The molecule has 9 rings (SSSR count). The van der Waals surface area contributed by atoms with Gasteiger partial charge in [-0.15, -0.1) is 0 Å². The molecule has 4 heterocycles. The molecule has 4 aliphatic rings. The number of carbonyl (C=O) groups excluding carboxylic acids is 8. The van der Waals surface area contributed by atoms with E-state index in [4.69, 9.17) is 0 Å². The molecule has 0 bridgehead atoms. The summed E-state index contributed by atoms with van der Waals surface area (Å²) in [4.78, 5) is 119. The lowest BCUT2D eigenvalue weighted by Crippen LogP contribution is -2.63. The van der Waals surface area contributed by atoms with E-state index >= 15 is 0 Å². The first-order valence-corrected chi connectivity index (χ1v) is 28.6. The van der Waals surface area contributed by atoms with Crippen molar-refractivity contribution in [3.63, 3.8) is 0 Å². The molecule has 4 aliphatic heterocycles. The number of carbonyl (C=O) groups is 8. The van der Waals surface area contributed by atoms with E-state index in [0.29, 0.717) is 38.5 Å². The molecular weight excluding hydrogens is 1040 g/mol. The quantitative estimate of drug-likeness (QED) is 0.0661. The number of fused-ring (bicyclic) bond motifs is 2. The predicted molar refractivity (Wildman–Crippen MR) is 309 cm³/mol. The number of hydrogen-bond acceptors (Lipinski definition) is 9. The lowest BCUT2D eigenvalue weighted by atomic mass is 9.98. The van der Waals surface area contributed by atoms with Crippen molar-refractivity contribution in [2.24, 2.45) is 0 Å². The van der Waals surface area contributed by atoms with E-state index in [1.165, 1.54) is 0 Å². The molecule has 0 spiro atoms. The van der Waals surface area contributed by atoms with Gasteiger partial charge in [0.05, 0.1) is 31.2 Å². The van der Waals surface area contributed by atoms with Gasteiger partial charge in [-0.2, -0.15) is 0 Å². The van der Waals surface area contributed by atoms with E-state index in [0.717, 1.165) is 33.4 Å². The van der Waals surface area contributed by atoms with Gasteiger partial charge in [0.2, 0.25) is 35.4 Å².